The Morgan fingerprint density at radius 3 is 2.65 bits per heavy atom. The van der Waals surface area contributed by atoms with Crippen LogP contribution in [0, 0.1) is 22.7 Å². The molecule has 0 aliphatic carbocycles. The first-order chi connectivity index (χ1) is 11.0. The number of hydrogen-bond acceptors (Lipinski definition) is 6. The SMILES string of the molecule is N#Cc1cc(C#N)c(SCC(=O)Nc2ccccc2Cl)nc1N. The Bertz CT molecular complexity index is 841. The highest BCUT2D eigenvalue weighted by atomic mass is 35.5. The second kappa shape index (κ2) is 7.50. The summed E-state index contributed by atoms with van der Waals surface area (Å²) in [5.74, 6) is -0.240. The number of thioether (sulfide) groups is 1. The number of amides is 1. The van der Waals surface area contributed by atoms with Gasteiger partial charge in [0, 0.05) is 0 Å². The highest BCUT2D eigenvalue weighted by molar-refractivity contribution is 8.00. The molecule has 0 bridgehead atoms. The molecule has 0 aliphatic rings. The predicted octanol–water partition coefficient (Wildman–Crippen LogP) is 2.79. The maximum absolute atomic E-state index is 12.0. The minimum atomic E-state index is -0.295. The van der Waals surface area contributed by atoms with E-state index in [-0.39, 0.29) is 28.6 Å². The van der Waals surface area contributed by atoms with Crippen molar-refractivity contribution in [2.75, 3.05) is 16.8 Å². The first-order valence-electron chi connectivity index (χ1n) is 6.33. The standard InChI is InChI=1S/C15H10ClN5OS/c16-11-3-1-2-4-12(11)20-13(22)8-23-15-10(7-18)5-9(6-17)14(19)21-15/h1-5H,8H2,(H2,19,21)(H,20,22). The number of hydrogen-bond donors (Lipinski definition) is 2. The van der Waals surface area contributed by atoms with Crippen molar-refractivity contribution in [1.82, 2.24) is 4.98 Å². The fourth-order valence-corrected chi connectivity index (χ4v) is 2.62. The smallest absolute Gasteiger partial charge is 0.234 e. The number of anilines is 2. The maximum atomic E-state index is 12.0. The third kappa shape index (κ3) is 4.13. The number of benzene rings is 1. The summed E-state index contributed by atoms with van der Waals surface area (Å²) in [7, 11) is 0. The van der Waals surface area contributed by atoms with Crippen LogP contribution in [0.1, 0.15) is 11.1 Å². The monoisotopic (exact) mass is 343 g/mol. The average molecular weight is 344 g/mol. The number of nitrogens with one attached hydrogen (secondary N) is 1. The lowest BCUT2D eigenvalue weighted by molar-refractivity contribution is -0.113. The first kappa shape index (κ1) is 16.6. The fraction of sp³-hybridized carbons (Fsp3) is 0.0667. The zero-order valence-electron chi connectivity index (χ0n) is 11.7. The molecule has 114 valence electrons. The van der Waals surface area contributed by atoms with Crippen LogP contribution in [-0.4, -0.2) is 16.6 Å². The van der Waals surface area contributed by atoms with Gasteiger partial charge in [-0.3, -0.25) is 4.79 Å². The fourth-order valence-electron chi connectivity index (χ4n) is 1.67. The maximum Gasteiger partial charge on any atom is 0.234 e. The number of rotatable bonds is 4. The third-order valence-electron chi connectivity index (χ3n) is 2.75. The van der Waals surface area contributed by atoms with E-state index in [0.29, 0.717) is 15.7 Å². The third-order valence-corrected chi connectivity index (χ3v) is 4.07. The summed E-state index contributed by atoms with van der Waals surface area (Å²) < 4.78 is 0. The molecule has 0 radical (unpaired) electrons. The molecule has 0 saturated heterocycles. The number of pyridine rings is 1. The van der Waals surface area contributed by atoms with Crippen LogP contribution < -0.4 is 11.1 Å². The summed E-state index contributed by atoms with van der Waals surface area (Å²) in [4.78, 5) is 16.0. The van der Waals surface area contributed by atoms with E-state index in [1.165, 1.54) is 6.07 Å². The Morgan fingerprint density at radius 1 is 1.30 bits per heavy atom. The van der Waals surface area contributed by atoms with Crippen LogP contribution in [0.3, 0.4) is 0 Å². The zero-order valence-corrected chi connectivity index (χ0v) is 13.3. The van der Waals surface area contributed by atoms with Crippen molar-refractivity contribution in [2.45, 2.75) is 5.03 Å². The van der Waals surface area contributed by atoms with E-state index in [4.69, 9.17) is 27.9 Å². The topological polar surface area (TPSA) is 116 Å². The van der Waals surface area contributed by atoms with E-state index in [1.807, 2.05) is 12.1 Å². The van der Waals surface area contributed by atoms with Gasteiger partial charge in [0.15, 0.2) is 0 Å². The molecule has 0 saturated carbocycles. The van der Waals surface area contributed by atoms with Crippen LogP contribution in [-0.2, 0) is 4.79 Å². The lowest BCUT2D eigenvalue weighted by atomic mass is 10.2. The van der Waals surface area contributed by atoms with Gasteiger partial charge in [-0.15, -0.1) is 0 Å². The second-order valence-corrected chi connectivity index (χ2v) is 5.69. The molecule has 0 fully saturated rings. The Hall–Kier alpha value is -2.74. The molecular formula is C15H10ClN5OS. The number of nitrogen functional groups attached to an aromatic ring is 1. The van der Waals surface area contributed by atoms with Gasteiger partial charge in [-0.05, 0) is 18.2 Å². The van der Waals surface area contributed by atoms with Gasteiger partial charge in [0.05, 0.1) is 27.6 Å². The van der Waals surface area contributed by atoms with Gasteiger partial charge in [0.25, 0.3) is 0 Å². The van der Waals surface area contributed by atoms with Crippen LogP contribution in [0.4, 0.5) is 11.5 Å². The Labute approximate surface area is 141 Å². The van der Waals surface area contributed by atoms with E-state index in [2.05, 4.69) is 10.3 Å². The largest absolute Gasteiger partial charge is 0.383 e. The molecule has 0 aliphatic heterocycles. The molecule has 1 heterocycles. The Kier molecular flexibility index (Phi) is 5.42. The van der Waals surface area contributed by atoms with Crippen LogP contribution in [0.25, 0.3) is 0 Å². The summed E-state index contributed by atoms with van der Waals surface area (Å²) in [5.41, 5.74) is 6.47. The summed E-state index contributed by atoms with van der Waals surface area (Å²) in [6.45, 7) is 0. The van der Waals surface area contributed by atoms with Crippen molar-refractivity contribution >= 4 is 40.8 Å². The molecule has 3 N–H and O–H groups in total. The van der Waals surface area contributed by atoms with Gasteiger partial charge in [0.1, 0.15) is 23.0 Å². The quantitative estimate of drug-likeness (QED) is 0.824. The number of carbonyl (C=O) groups is 1. The molecule has 8 heteroatoms. The van der Waals surface area contributed by atoms with Gasteiger partial charge in [-0.1, -0.05) is 35.5 Å². The van der Waals surface area contributed by atoms with Crippen molar-refractivity contribution in [2.24, 2.45) is 0 Å². The predicted molar refractivity (Wildman–Crippen MR) is 88.9 cm³/mol. The number of nitrogens with two attached hydrogens (primary N) is 1. The molecule has 0 spiro atoms. The van der Waals surface area contributed by atoms with Gasteiger partial charge in [-0.2, -0.15) is 10.5 Å². The van der Waals surface area contributed by atoms with Crippen LogP contribution in [0.2, 0.25) is 5.02 Å². The number of carbonyl (C=O) groups excluding carboxylic acids is 1. The first-order valence-corrected chi connectivity index (χ1v) is 7.69. The number of halogens is 1. The highest BCUT2D eigenvalue weighted by Gasteiger charge is 2.13. The lowest BCUT2D eigenvalue weighted by Gasteiger charge is -2.08. The molecule has 6 nitrogen and oxygen atoms in total. The Balaban J connectivity index is 2.08. The van der Waals surface area contributed by atoms with Crippen LogP contribution >= 0.6 is 23.4 Å². The van der Waals surface area contributed by atoms with E-state index >= 15 is 0 Å². The minimum Gasteiger partial charge on any atom is -0.383 e. The molecular weight excluding hydrogens is 334 g/mol. The average Bonchev–Trinajstić information content (AvgIpc) is 2.55. The van der Waals surface area contributed by atoms with Gasteiger partial charge in [-0.25, -0.2) is 4.98 Å². The minimum absolute atomic E-state index is 0.0260. The van der Waals surface area contributed by atoms with E-state index < -0.39 is 0 Å². The summed E-state index contributed by atoms with van der Waals surface area (Å²) >= 11 is 7.02. The normalized spacial score (nSPS) is 9.70. The molecule has 1 aromatic carbocycles. The van der Waals surface area contributed by atoms with Crippen molar-refractivity contribution < 1.29 is 4.79 Å². The van der Waals surface area contributed by atoms with Crippen LogP contribution in [0.15, 0.2) is 35.4 Å². The summed E-state index contributed by atoms with van der Waals surface area (Å²) in [5, 5.41) is 21.4. The molecule has 2 rings (SSSR count). The van der Waals surface area contributed by atoms with Crippen molar-refractivity contribution in [3.05, 3.63) is 46.5 Å². The molecule has 0 atom stereocenters. The molecule has 1 aromatic heterocycles. The van der Waals surface area contributed by atoms with Crippen LogP contribution in [0.5, 0.6) is 0 Å². The van der Waals surface area contributed by atoms with Gasteiger partial charge in [0.2, 0.25) is 5.91 Å². The molecule has 1 amide bonds. The van der Waals surface area contributed by atoms with Crippen molar-refractivity contribution in [1.29, 1.82) is 10.5 Å². The summed E-state index contributed by atoms with van der Waals surface area (Å²) in [6.07, 6.45) is 0. The second-order valence-electron chi connectivity index (χ2n) is 4.31. The van der Waals surface area contributed by atoms with Gasteiger partial charge >= 0.3 is 0 Å². The van der Waals surface area contributed by atoms with Gasteiger partial charge < -0.3 is 11.1 Å². The van der Waals surface area contributed by atoms with Crippen molar-refractivity contribution in [3.8, 4) is 12.1 Å². The number of para-hydroxylation sites is 1. The Morgan fingerprint density at radius 2 is 2.00 bits per heavy atom. The molecule has 0 unspecified atom stereocenters. The number of nitriles is 2. The summed E-state index contributed by atoms with van der Waals surface area (Å²) in [6, 6.07) is 12.0. The van der Waals surface area contributed by atoms with Crippen molar-refractivity contribution in [3.63, 3.8) is 0 Å². The number of nitrogens with zero attached hydrogens (tertiary/aromatic N) is 3. The zero-order chi connectivity index (χ0) is 16.8. The molecule has 23 heavy (non-hydrogen) atoms. The highest BCUT2D eigenvalue weighted by Crippen LogP contribution is 2.25. The van der Waals surface area contributed by atoms with E-state index in [1.54, 1.807) is 24.3 Å². The van der Waals surface area contributed by atoms with E-state index in [9.17, 15) is 4.79 Å². The molecule has 2 aromatic rings. The van der Waals surface area contributed by atoms with E-state index in [0.717, 1.165) is 11.8 Å². The number of aromatic nitrogens is 1. The lowest BCUT2D eigenvalue weighted by Crippen LogP contribution is -2.14.